The third kappa shape index (κ3) is 3.54. The number of ether oxygens (including phenoxy) is 1. The number of hydrogen-bond acceptors (Lipinski definition) is 3. The standard InChI is InChI=1S/C16H19N5O/c1-21(19-11-17)16(18)20-13-9-7-12(8-10-13)14-5-3-4-6-15(14)22-2/h3-11H,1-2H3,(H2,17,19)(H2,18,20). The molecular weight excluding hydrogens is 278 g/mol. The Morgan fingerprint density at radius 3 is 2.45 bits per heavy atom. The summed E-state index contributed by atoms with van der Waals surface area (Å²) in [6.07, 6.45) is 1.16. The third-order valence-electron chi connectivity index (χ3n) is 3.10. The van der Waals surface area contributed by atoms with Gasteiger partial charge >= 0.3 is 0 Å². The van der Waals surface area contributed by atoms with E-state index in [0.717, 1.165) is 28.9 Å². The largest absolute Gasteiger partial charge is 0.496 e. The molecule has 0 spiro atoms. The number of rotatable bonds is 4. The maximum absolute atomic E-state index is 5.82. The molecule has 0 aliphatic heterocycles. The van der Waals surface area contributed by atoms with Gasteiger partial charge in [-0.15, -0.1) is 0 Å². The van der Waals surface area contributed by atoms with Crippen LogP contribution in [0.4, 0.5) is 5.69 Å². The van der Waals surface area contributed by atoms with Crippen molar-refractivity contribution in [3.63, 3.8) is 0 Å². The molecule has 0 fully saturated rings. The highest BCUT2D eigenvalue weighted by molar-refractivity contribution is 5.81. The van der Waals surface area contributed by atoms with Crippen LogP contribution in [0, 0.1) is 0 Å². The van der Waals surface area contributed by atoms with Crippen LogP contribution >= 0.6 is 0 Å². The summed E-state index contributed by atoms with van der Waals surface area (Å²) < 4.78 is 5.37. The van der Waals surface area contributed by atoms with E-state index in [1.807, 2.05) is 48.5 Å². The van der Waals surface area contributed by atoms with Gasteiger partial charge in [0, 0.05) is 12.6 Å². The highest BCUT2D eigenvalue weighted by atomic mass is 16.5. The average molecular weight is 297 g/mol. The molecular formula is C16H19N5O. The van der Waals surface area contributed by atoms with E-state index in [9.17, 15) is 0 Å². The summed E-state index contributed by atoms with van der Waals surface area (Å²) in [7, 11) is 3.33. The number of benzene rings is 2. The first-order valence-electron chi connectivity index (χ1n) is 6.71. The zero-order valence-electron chi connectivity index (χ0n) is 12.6. The lowest BCUT2D eigenvalue weighted by atomic mass is 10.0. The van der Waals surface area contributed by atoms with Gasteiger partial charge in [-0.2, -0.15) is 5.10 Å². The van der Waals surface area contributed by atoms with Crippen molar-refractivity contribution in [3.8, 4) is 16.9 Å². The van der Waals surface area contributed by atoms with Crippen LogP contribution in [-0.4, -0.2) is 31.5 Å². The normalized spacial score (nSPS) is 11.6. The van der Waals surface area contributed by atoms with E-state index in [0.29, 0.717) is 0 Å². The van der Waals surface area contributed by atoms with Gasteiger partial charge in [-0.05, 0) is 23.8 Å². The first-order valence-corrected chi connectivity index (χ1v) is 6.71. The molecule has 22 heavy (non-hydrogen) atoms. The van der Waals surface area contributed by atoms with Gasteiger partial charge in [-0.3, -0.25) is 0 Å². The number of hydrazone groups is 1. The van der Waals surface area contributed by atoms with E-state index in [1.54, 1.807) is 14.2 Å². The number of hydrogen-bond donors (Lipinski definition) is 2. The molecule has 2 aromatic rings. The molecule has 2 rings (SSSR count). The predicted molar refractivity (Wildman–Crippen MR) is 90.2 cm³/mol. The van der Waals surface area contributed by atoms with Crippen molar-refractivity contribution in [3.05, 3.63) is 48.5 Å². The van der Waals surface area contributed by atoms with Gasteiger partial charge in [-0.25, -0.2) is 10.0 Å². The highest BCUT2D eigenvalue weighted by Gasteiger charge is 2.05. The summed E-state index contributed by atoms with van der Waals surface area (Å²) in [5.41, 5.74) is 13.8. The van der Waals surface area contributed by atoms with Gasteiger partial charge in [-0.1, -0.05) is 30.3 Å². The van der Waals surface area contributed by atoms with Crippen molar-refractivity contribution in [1.82, 2.24) is 5.01 Å². The third-order valence-corrected chi connectivity index (χ3v) is 3.10. The van der Waals surface area contributed by atoms with Crippen molar-refractivity contribution < 1.29 is 4.74 Å². The minimum atomic E-state index is 0.256. The van der Waals surface area contributed by atoms with Crippen LogP contribution in [0.3, 0.4) is 0 Å². The van der Waals surface area contributed by atoms with Gasteiger partial charge in [0.2, 0.25) is 5.96 Å². The van der Waals surface area contributed by atoms with E-state index < -0.39 is 0 Å². The Balaban J connectivity index is 2.26. The van der Waals surface area contributed by atoms with Crippen molar-refractivity contribution in [1.29, 1.82) is 0 Å². The molecule has 0 aromatic heterocycles. The maximum Gasteiger partial charge on any atom is 0.217 e. The number of para-hydroxylation sites is 1. The molecule has 0 unspecified atom stereocenters. The Morgan fingerprint density at radius 1 is 1.14 bits per heavy atom. The molecule has 0 saturated carbocycles. The second-order valence-electron chi connectivity index (χ2n) is 4.51. The summed E-state index contributed by atoms with van der Waals surface area (Å²) in [4.78, 5) is 4.27. The number of methoxy groups -OCH3 is 1. The minimum Gasteiger partial charge on any atom is -0.496 e. The molecule has 0 aliphatic rings. The quantitative estimate of drug-likeness (QED) is 0.514. The van der Waals surface area contributed by atoms with Crippen LogP contribution in [0.15, 0.2) is 58.6 Å². The van der Waals surface area contributed by atoms with Crippen LogP contribution < -0.4 is 16.2 Å². The molecule has 2 aromatic carbocycles. The monoisotopic (exact) mass is 297 g/mol. The van der Waals surface area contributed by atoms with Gasteiger partial charge in [0.05, 0.1) is 12.8 Å². The van der Waals surface area contributed by atoms with Crippen LogP contribution in [0.5, 0.6) is 5.75 Å². The van der Waals surface area contributed by atoms with Crippen molar-refractivity contribution in [2.75, 3.05) is 14.2 Å². The van der Waals surface area contributed by atoms with E-state index in [-0.39, 0.29) is 5.96 Å². The minimum absolute atomic E-state index is 0.256. The lowest BCUT2D eigenvalue weighted by Crippen LogP contribution is -2.29. The summed E-state index contributed by atoms with van der Waals surface area (Å²) in [6.45, 7) is 0. The fraction of sp³-hybridized carbons (Fsp3) is 0.125. The molecule has 0 saturated heterocycles. The van der Waals surface area contributed by atoms with Crippen LogP contribution in [0.25, 0.3) is 11.1 Å². The van der Waals surface area contributed by atoms with E-state index in [4.69, 9.17) is 16.2 Å². The van der Waals surface area contributed by atoms with Gasteiger partial charge in [0.25, 0.3) is 0 Å². The van der Waals surface area contributed by atoms with E-state index in [1.165, 1.54) is 5.01 Å². The number of nitrogens with zero attached hydrogens (tertiary/aromatic N) is 3. The van der Waals surface area contributed by atoms with E-state index >= 15 is 0 Å². The van der Waals surface area contributed by atoms with Gasteiger partial charge < -0.3 is 16.2 Å². The molecule has 0 amide bonds. The van der Waals surface area contributed by atoms with Crippen molar-refractivity contribution in [2.24, 2.45) is 21.6 Å². The number of aliphatic imine (C=N–C) groups is 1. The van der Waals surface area contributed by atoms with Gasteiger partial charge in [0.15, 0.2) is 0 Å². The summed E-state index contributed by atoms with van der Waals surface area (Å²) >= 11 is 0. The Bertz CT molecular complexity index is 679. The highest BCUT2D eigenvalue weighted by Crippen LogP contribution is 2.30. The summed E-state index contributed by atoms with van der Waals surface area (Å²) in [5.74, 6) is 1.09. The zero-order valence-corrected chi connectivity index (χ0v) is 12.6. The molecule has 0 bridgehead atoms. The lowest BCUT2D eigenvalue weighted by Gasteiger charge is -2.11. The average Bonchev–Trinajstić information content (AvgIpc) is 2.55. The summed E-state index contributed by atoms with van der Waals surface area (Å²) in [6, 6.07) is 15.6. The molecule has 0 aliphatic carbocycles. The second-order valence-corrected chi connectivity index (χ2v) is 4.51. The second kappa shape index (κ2) is 7.12. The Morgan fingerprint density at radius 2 is 1.82 bits per heavy atom. The van der Waals surface area contributed by atoms with Crippen LogP contribution in [0.2, 0.25) is 0 Å². The Hall–Kier alpha value is -3.02. The fourth-order valence-corrected chi connectivity index (χ4v) is 1.96. The smallest absolute Gasteiger partial charge is 0.217 e. The molecule has 0 atom stereocenters. The van der Waals surface area contributed by atoms with Crippen LogP contribution in [-0.2, 0) is 0 Å². The summed E-state index contributed by atoms with van der Waals surface area (Å²) in [5, 5.41) is 5.22. The van der Waals surface area contributed by atoms with Gasteiger partial charge in [0.1, 0.15) is 12.1 Å². The SMILES string of the molecule is COc1ccccc1-c1ccc(N=C(N)N(C)/N=C/N)cc1. The predicted octanol–water partition coefficient (Wildman–Crippen LogP) is 2.14. The van der Waals surface area contributed by atoms with Crippen molar-refractivity contribution in [2.45, 2.75) is 0 Å². The fourth-order valence-electron chi connectivity index (χ4n) is 1.96. The molecule has 0 heterocycles. The van der Waals surface area contributed by atoms with E-state index in [2.05, 4.69) is 10.1 Å². The molecule has 4 N–H and O–H groups in total. The van der Waals surface area contributed by atoms with Crippen LogP contribution in [0.1, 0.15) is 0 Å². The topological polar surface area (TPSA) is 89.2 Å². The first-order chi connectivity index (χ1) is 10.7. The molecule has 114 valence electrons. The lowest BCUT2D eigenvalue weighted by molar-refractivity contribution is 0.416. The number of guanidine groups is 1. The Labute approximate surface area is 129 Å². The first kappa shape index (κ1) is 15.4. The molecule has 0 radical (unpaired) electrons. The number of nitrogens with two attached hydrogens (primary N) is 2. The van der Waals surface area contributed by atoms with Crippen molar-refractivity contribution >= 4 is 18.0 Å². The molecule has 6 nitrogen and oxygen atoms in total. The Kier molecular flexibility index (Phi) is 4.98. The maximum atomic E-state index is 5.82. The zero-order chi connectivity index (χ0) is 15.9. The molecule has 6 heteroatoms.